The van der Waals surface area contributed by atoms with Gasteiger partial charge in [-0.25, -0.2) is 4.79 Å². The summed E-state index contributed by atoms with van der Waals surface area (Å²) >= 11 is 0. The van der Waals surface area contributed by atoms with Crippen molar-refractivity contribution in [2.75, 3.05) is 13.2 Å². The summed E-state index contributed by atoms with van der Waals surface area (Å²) in [4.78, 5) is 11.3. The minimum atomic E-state index is -0.752. The lowest BCUT2D eigenvalue weighted by Gasteiger charge is -1.99. The summed E-state index contributed by atoms with van der Waals surface area (Å²) in [6.07, 6.45) is 0.507. The monoisotopic (exact) mass is 318 g/mol. The van der Waals surface area contributed by atoms with E-state index in [-0.39, 0.29) is 13.2 Å². The van der Waals surface area contributed by atoms with Crippen molar-refractivity contribution in [2.45, 2.75) is 12.8 Å². The number of carbonyl (C=O) groups excluding carboxylic acids is 1. The average Bonchev–Trinajstić information content (AvgIpc) is 2.63. The first-order valence-corrected chi connectivity index (χ1v) is 7.63. The van der Waals surface area contributed by atoms with Crippen LogP contribution < -0.4 is 0 Å². The van der Waals surface area contributed by atoms with Crippen LogP contribution in [0.5, 0.6) is 0 Å². The molecule has 0 saturated carbocycles. The molecular weight excluding hydrogens is 300 g/mol. The largest absolute Gasteiger partial charge is 0.510 e. The van der Waals surface area contributed by atoms with E-state index in [0.29, 0.717) is 12.8 Å². The Hall–Kier alpha value is -3.17. The number of benzene rings is 2. The van der Waals surface area contributed by atoms with Gasteiger partial charge in [-0.1, -0.05) is 84.3 Å². The van der Waals surface area contributed by atoms with Gasteiger partial charge < -0.3 is 9.47 Å². The Balaban J connectivity index is 1.57. The highest BCUT2D eigenvalue weighted by Crippen LogP contribution is 1.98. The highest BCUT2D eigenvalue weighted by atomic mass is 16.7. The highest BCUT2D eigenvalue weighted by Gasteiger charge is 1.99. The van der Waals surface area contributed by atoms with E-state index in [1.54, 1.807) is 0 Å². The summed E-state index contributed by atoms with van der Waals surface area (Å²) in [5.41, 5.74) is 2.25. The van der Waals surface area contributed by atoms with Gasteiger partial charge in [0.25, 0.3) is 0 Å². The van der Waals surface area contributed by atoms with Crippen LogP contribution in [0.25, 0.3) is 0 Å². The van der Waals surface area contributed by atoms with Crippen LogP contribution in [-0.2, 0) is 22.3 Å². The van der Waals surface area contributed by atoms with Gasteiger partial charge in [-0.2, -0.15) is 0 Å². The molecule has 2 rings (SSSR count). The molecule has 0 aliphatic rings. The third-order valence-corrected chi connectivity index (χ3v) is 3.05. The molecule has 2 aromatic carbocycles. The molecule has 24 heavy (non-hydrogen) atoms. The molecule has 0 heterocycles. The number of hydrogen-bond acceptors (Lipinski definition) is 3. The lowest BCUT2D eigenvalue weighted by atomic mass is 10.2. The fourth-order valence-corrected chi connectivity index (χ4v) is 1.85. The van der Waals surface area contributed by atoms with Gasteiger partial charge >= 0.3 is 6.16 Å². The summed E-state index contributed by atoms with van der Waals surface area (Å²) in [5, 5.41) is 0. The van der Waals surface area contributed by atoms with Crippen molar-refractivity contribution in [3.63, 3.8) is 0 Å². The summed E-state index contributed by atoms with van der Waals surface area (Å²) < 4.78 is 9.68. The lowest BCUT2D eigenvalue weighted by Crippen LogP contribution is -2.07. The Bertz CT molecular complexity index is 678. The Morgan fingerprint density at radius 1 is 0.667 bits per heavy atom. The van der Waals surface area contributed by atoms with Crippen LogP contribution in [0.15, 0.2) is 60.7 Å². The first kappa shape index (κ1) is 17.2. The third-order valence-electron chi connectivity index (χ3n) is 3.05. The van der Waals surface area contributed by atoms with Crippen LogP contribution in [0.1, 0.15) is 11.1 Å². The molecule has 0 spiro atoms. The molecule has 0 bridgehead atoms. The van der Waals surface area contributed by atoms with E-state index in [9.17, 15) is 4.79 Å². The van der Waals surface area contributed by atoms with Gasteiger partial charge in [-0.3, -0.25) is 0 Å². The van der Waals surface area contributed by atoms with Crippen LogP contribution in [0.2, 0.25) is 0 Å². The highest BCUT2D eigenvalue weighted by molar-refractivity contribution is 5.60. The number of rotatable bonds is 4. The van der Waals surface area contributed by atoms with Gasteiger partial charge in [0, 0.05) is 12.8 Å². The van der Waals surface area contributed by atoms with Crippen molar-refractivity contribution in [3.8, 4) is 23.7 Å². The second-order valence-corrected chi connectivity index (χ2v) is 4.86. The Morgan fingerprint density at radius 3 is 1.50 bits per heavy atom. The van der Waals surface area contributed by atoms with Crippen molar-refractivity contribution in [2.24, 2.45) is 0 Å². The van der Waals surface area contributed by atoms with Gasteiger partial charge in [0.05, 0.1) is 0 Å². The number of hydrogen-bond donors (Lipinski definition) is 0. The maximum Gasteiger partial charge on any atom is 0.510 e. The molecule has 3 heteroatoms. The minimum Gasteiger partial charge on any atom is -0.421 e. The van der Waals surface area contributed by atoms with Crippen molar-refractivity contribution >= 4 is 6.16 Å². The van der Waals surface area contributed by atoms with E-state index in [1.807, 2.05) is 60.7 Å². The van der Waals surface area contributed by atoms with Gasteiger partial charge in [-0.05, 0) is 11.1 Å². The van der Waals surface area contributed by atoms with Crippen LogP contribution in [0.4, 0.5) is 4.79 Å². The molecule has 0 N–H and O–H groups in total. The van der Waals surface area contributed by atoms with Gasteiger partial charge in [0.2, 0.25) is 0 Å². The number of ether oxygens (including phenoxy) is 2. The molecule has 0 saturated heterocycles. The van der Waals surface area contributed by atoms with E-state index in [4.69, 9.17) is 9.47 Å². The zero-order valence-electron chi connectivity index (χ0n) is 13.3. The molecule has 0 radical (unpaired) electrons. The molecule has 0 atom stereocenters. The predicted octanol–water partition coefficient (Wildman–Crippen LogP) is 3.63. The van der Waals surface area contributed by atoms with E-state index < -0.39 is 6.16 Å². The van der Waals surface area contributed by atoms with Crippen molar-refractivity contribution in [3.05, 3.63) is 71.8 Å². The van der Waals surface area contributed by atoms with Crippen molar-refractivity contribution in [1.82, 2.24) is 0 Å². The molecule has 0 aliphatic heterocycles. The molecule has 0 unspecified atom stereocenters. The van der Waals surface area contributed by atoms with Crippen LogP contribution in [-0.4, -0.2) is 19.4 Å². The Kier molecular flexibility index (Phi) is 7.55. The van der Waals surface area contributed by atoms with Crippen LogP contribution >= 0.6 is 0 Å². The average molecular weight is 318 g/mol. The van der Waals surface area contributed by atoms with E-state index in [1.165, 1.54) is 0 Å². The summed E-state index contributed by atoms with van der Waals surface area (Å²) in [6.45, 7) is 0.0340. The third kappa shape index (κ3) is 7.20. The molecule has 3 nitrogen and oxygen atoms in total. The standard InChI is InChI=1S/C21H18O3/c22-21(23-17-9-7-15-19-11-3-1-4-12-19)24-18-10-8-16-20-13-5-2-6-14-20/h1-6,11-14H,15-18H2. The van der Waals surface area contributed by atoms with E-state index in [2.05, 4.69) is 23.7 Å². The van der Waals surface area contributed by atoms with Crippen LogP contribution in [0.3, 0.4) is 0 Å². The second kappa shape index (κ2) is 10.5. The minimum absolute atomic E-state index is 0.0170. The SMILES string of the molecule is O=C(OCC#CCc1ccccc1)OCC#CCc1ccccc1. The molecule has 0 amide bonds. The van der Waals surface area contributed by atoms with E-state index in [0.717, 1.165) is 11.1 Å². The van der Waals surface area contributed by atoms with Gasteiger partial charge in [0.1, 0.15) is 0 Å². The summed E-state index contributed by atoms with van der Waals surface area (Å²) in [7, 11) is 0. The molecule has 120 valence electrons. The molecule has 0 aliphatic carbocycles. The Labute approximate surface area is 142 Å². The second-order valence-electron chi connectivity index (χ2n) is 4.86. The maximum absolute atomic E-state index is 11.3. The fourth-order valence-electron chi connectivity index (χ4n) is 1.85. The predicted molar refractivity (Wildman–Crippen MR) is 93.1 cm³/mol. The lowest BCUT2D eigenvalue weighted by molar-refractivity contribution is 0.0745. The zero-order chi connectivity index (χ0) is 16.9. The molecule has 0 fully saturated rings. The molecular formula is C21H18O3. The molecule has 0 aromatic heterocycles. The summed E-state index contributed by atoms with van der Waals surface area (Å²) in [5.74, 6) is 11.4. The summed E-state index contributed by atoms with van der Waals surface area (Å²) in [6, 6.07) is 19.8. The van der Waals surface area contributed by atoms with Gasteiger partial charge in [0.15, 0.2) is 13.2 Å². The smallest absolute Gasteiger partial charge is 0.421 e. The van der Waals surface area contributed by atoms with Crippen molar-refractivity contribution in [1.29, 1.82) is 0 Å². The van der Waals surface area contributed by atoms with Gasteiger partial charge in [-0.15, -0.1) is 0 Å². The first-order chi connectivity index (χ1) is 11.8. The van der Waals surface area contributed by atoms with Crippen LogP contribution in [0, 0.1) is 23.7 Å². The van der Waals surface area contributed by atoms with E-state index >= 15 is 0 Å². The maximum atomic E-state index is 11.3. The fraction of sp³-hybridized carbons (Fsp3) is 0.190. The van der Waals surface area contributed by atoms with Crippen molar-refractivity contribution < 1.29 is 14.3 Å². The first-order valence-electron chi connectivity index (χ1n) is 7.63. The Morgan fingerprint density at radius 2 is 1.08 bits per heavy atom. The quantitative estimate of drug-likeness (QED) is 0.638. The molecule has 2 aromatic rings. The number of carbonyl (C=O) groups is 1. The topological polar surface area (TPSA) is 35.5 Å². The normalized spacial score (nSPS) is 9.00. The zero-order valence-corrected chi connectivity index (χ0v) is 13.3.